The number of amides is 3. The van der Waals surface area contributed by atoms with Crippen LogP contribution >= 0.6 is 0 Å². The highest BCUT2D eigenvalue weighted by atomic mass is 16.5. The molecular weight excluding hydrogens is 250 g/mol. The van der Waals surface area contributed by atoms with E-state index in [9.17, 15) is 14.4 Å². The van der Waals surface area contributed by atoms with E-state index >= 15 is 0 Å². The van der Waals surface area contributed by atoms with E-state index in [2.05, 4.69) is 20.7 Å². The summed E-state index contributed by atoms with van der Waals surface area (Å²) < 4.78 is 4.48. The van der Waals surface area contributed by atoms with Crippen molar-refractivity contribution in [3.63, 3.8) is 0 Å². The summed E-state index contributed by atoms with van der Waals surface area (Å²) in [5.74, 6) is -0.611. The first kappa shape index (κ1) is 15.3. The molecule has 1 saturated carbocycles. The second-order valence-corrected chi connectivity index (χ2v) is 4.93. The summed E-state index contributed by atoms with van der Waals surface area (Å²) in [4.78, 5) is 34.5. The van der Waals surface area contributed by atoms with Crippen LogP contribution < -0.4 is 16.0 Å². The Morgan fingerprint density at radius 1 is 1.26 bits per heavy atom. The maximum Gasteiger partial charge on any atom is 0.407 e. The number of methoxy groups -OCH3 is 1. The zero-order valence-electron chi connectivity index (χ0n) is 11.6. The standard InChI is InChI=1S/C12H21N3O4/c1-6(2)9(15-12(18)19-4)11(17)14-8-5-7(8)10(16)13-3/h6-9H,5H2,1-4H3,(H,13,16)(H,14,17)(H,15,18)/t7?,8-,9-/m0/s1. The SMILES string of the molecule is CNC(=O)C1C[C@@H]1NC(=O)[C@@H](NC(=O)OC)C(C)C. The second kappa shape index (κ2) is 6.40. The lowest BCUT2D eigenvalue weighted by molar-refractivity contribution is -0.124. The first-order chi connectivity index (χ1) is 8.90. The molecule has 7 heteroatoms. The van der Waals surface area contributed by atoms with Gasteiger partial charge in [-0.2, -0.15) is 0 Å². The number of ether oxygens (including phenoxy) is 1. The second-order valence-electron chi connectivity index (χ2n) is 4.93. The lowest BCUT2D eigenvalue weighted by Gasteiger charge is -2.20. The van der Waals surface area contributed by atoms with Crippen LogP contribution in [0.2, 0.25) is 0 Å². The summed E-state index contributed by atoms with van der Waals surface area (Å²) in [5.41, 5.74) is 0. The average Bonchev–Trinajstić information content (AvgIpc) is 3.13. The molecule has 7 nitrogen and oxygen atoms in total. The first-order valence-corrected chi connectivity index (χ1v) is 6.27. The van der Waals surface area contributed by atoms with Crippen molar-refractivity contribution in [2.24, 2.45) is 11.8 Å². The van der Waals surface area contributed by atoms with Gasteiger partial charge < -0.3 is 20.7 Å². The molecular formula is C12H21N3O4. The maximum absolute atomic E-state index is 12.0. The number of hydrogen-bond acceptors (Lipinski definition) is 4. The summed E-state index contributed by atoms with van der Waals surface area (Å²) in [6.45, 7) is 3.65. The van der Waals surface area contributed by atoms with Gasteiger partial charge in [-0.15, -0.1) is 0 Å². The molecule has 1 unspecified atom stereocenters. The highest BCUT2D eigenvalue weighted by molar-refractivity contribution is 5.88. The Labute approximate surface area is 112 Å². The molecule has 0 heterocycles. The van der Waals surface area contributed by atoms with Gasteiger partial charge in [0.2, 0.25) is 11.8 Å². The van der Waals surface area contributed by atoms with Gasteiger partial charge >= 0.3 is 6.09 Å². The van der Waals surface area contributed by atoms with Crippen LogP contribution in [-0.2, 0) is 14.3 Å². The van der Waals surface area contributed by atoms with Crippen molar-refractivity contribution in [2.75, 3.05) is 14.2 Å². The molecule has 19 heavy (non-hydrogen) atoms. The van der Waals surface area contributed by atoms with Crippen molar-refractivity contribution < 1.29 is 19.1 Å². The number of alkyl carbamates (subject to hydrolysis) is 1. The zero-order chi connectivity index (χ0) is 14.6. The third-order valence-electron chi connectivity index (χ3n) is 3.11. The Balaban J connectivity index is 2.50. The van der Waals surface area contributed by atoms with Crippen LogP contribution in [0.5, 0.6) is 0 Å². The monoisotopic (exact) mass is 271 g/mol. The summed E-state index contributed by atoms with van der Waals surface area (Å²) in [6, 6.07) is -0.813. The number of carbonyl (C=O) groups is 3. The average molecular weight is 271 g/mol. The van der Waals surface area contributed by atoms with Gasteiger partial charge in [0.15, 0.2) is 0 Å². The molecule has 1 rings (SSSR count). The van der Waals surface area contributed by atoms with Gasteiger partial charge in [0, 0.05) is 13.1 Å². The van der Waals surface area contributed by atoms with Crippen LogP contribution in [-0.4, -0.2) is 44.1 Å². The predicted octanol–water partition coefficient (Wildman–Crippen LogP) is -0.382. The van der Waals surface area contributed by atoms with Gasteiger partial charge in [-0.05, 0) is 12.3 Å². The quantitative estimate of drug-likeness (QED) is 0.635. The molecule has 0 aromatic carbocycles. The van der Waals surface area contributed by atoms with Crippen LogP contribution in [0.1, 0.15) is 20.3 Å². The van der Waals surface area contributed by atoms with Crippen LogP contribution in [0.4, 0.5) is 4.79 Å². The van der Waals surface area contributed by atoms with Crippen LogP contribution in [0.25, 0.3) is 0 Å². The van der Waals surface area contributed by atoms with E-state index in [4.69, 9.17) is 0 Å². The molecule has 1 fully saturated rings. The molecule has 0 aromatic heterocycles. The third-order valence-corrected chi connectivity index (χ3v) is 3.11. The largest absolute Gasteiger partial charge is 0.453 e. The van der Waals surface area contributed by atoms with Crippen LogP contribution in [0.3, 0.4) is 0 Å². The summed E-state index contributed by atoms with van der Waals surface area (Å²) in [5, 5.41) is 7.79. The number of carbonyl (C=O) groups excluding carboxylic acids is 3. The van der Waals surface area contributed by atoms with E-state index in [0.29, 0.717) is 6.42 Å². The molecule has 0 aliphatic heterocycles. The van der Waals surface area contributed by atoms with Gasteiger partial charge in [0.05, 0.1) is 13.0 Å². The van der Waals surface area contributed by atoms with Gasteiger partial charge in [-0.1, -0.05) is 13.8 Å². The van der Waals surface area contributed by atoms with Gasteiger partial charge in [0.25, 0.3) is 0 Å². The summed E-state index contributed by atoms with van der Waals surface area (Å²) >= 11 is 0. The van der Waals surface area contributed by atoms with E-state index in [1.54, 1.807) is 7.05 Å². The molecule has 108 valence electrons. The fourth-order valence-corrected chi connectivity index (χ4v) is 1.82. The van der Waals surface area contributed by atoms with Crippen molar-refractivity contribution >= 4 is 17.9 Å². The topological polar surface area (TPSA) is 96.5 Å². The molecule has 0 spiro atoms. The van der Waals surface area contributed by atoms with Gasteiger partial charge in [-0.25, -0.2) is 4.79 Å². The Bertz CT molecular complexity index is 370. The number of hydrogen-bond donors (Lipinski definition) is 3. The molecule has 0 radical (unpaired) electrons. The Hall–Kier alpha value is -1.79. The highest BCUT2D eigenvalue weighted by Gasteiger charge is 2.44. The fraction of sp³-hybridized carbons (Fsp3) is 0.750. The van der Waals surface area contributed by atoms with Crippen LogP contribution in [0, 0.1) is 11.8 Å². The van der Waals surface area contributed by atoms with E-state index in [1.807, 2.05) is 13.8 Å². The third kappa shape index (κ3) is 4.11. The van der Waals surface area contributed by atoms with Gasteiger partial charge in [0.1, 0.15) is 6.04 Å². The minimum absolute atomic E-state index is 0.0729. The minimum atomic E-state index is -0.668. The minimum Gasteiger partial charge on any atom is -0.453 e. The Morgan fingerprint density at radius 3 is 2.37 bits per heavy atom. The van der Waals surface area contributed by atoms with Crippen molar-refractivity contribution in [3.8, 4) is 0 Å². The van der Waals surface area contributed by atoms with E-state index < -0.39 is 12.1 Å². The van der Waals surface area contributed by atoms with E-state index in [-0.39, 0.29) is 29.7 Å². The smallest absolute Gasteiger partial charge is 0.407 e. The van der Waals surface area contributed by atoms with Crippen molar-refractivity contribution in [3.05, 3.63) is 0 Å². The van der Waals surface area contributed by atoms with E-state index in [1.165, 1.54) is 7.11 Å². The van der Waals surface area contributed by atoms with Crippen molar-refractivity contribution in [2.45, 2.75) is 32.4 Å². The molecule has 3 atom stereocenters. The maximum atomic E-state index is 12.0. The predicted molar refractivity (Wildman–Crippen MR) is 68.3 cm³/mol. The highest BCUT2D eigenvalue weighted by Crippen LogP contribution is 2.30. The molecule has 0 saturated heterocycles. The molecule has 3 amide bonds. The van der Waals surface area contributed by atoms with Gasteiger partial charge in [-0.3, -0.25) is 9.59 Å². The normalized spacial score (nSPS) is 22.4. The number of rotatable bonds is 5. The summed E-state index contributed by atoms with van der Waals surface area (Å²) in [7, 11) is 2.81. The lowest BCUT2D eigenvalue weighted by Crippen LogP contribution is -2.50. The Kier molecular flexibility index (Phi) is 5.14. The zero-order valence-corrected chi connectivity index (χ0v) is 11.6. The lowest BCUT2D eigenvalue weighted by atomic mass is 10.0. The Morgan fingerprint density at radius 2 is 1.89 bits per heavy atom. The molecule has 1 aliphatic rings. The molecule has 0 bridgehead atoms. The first-order valence-electron chi connectivity index (χ1n) is 6.27. The van der Waals surface area contributed by atoms with Crippen LogP contribution in [0.15, 0.2) is 0 Å². The summed E-state index contributed by atoms with van der Waals surface area (Å²) in [6.07, 6.45) is -0.0124. The molecule has 1 aliphatic carbocycles. The molecule has 0 aromatic rings. The van der Waals surface area contributed by atoms with Crippen molar-refractivity contribution in [1.82, 2.24) is 16.0 Å². The number of nitrogens with one attached hydrogen (secondary N) is 3. The fourth-order valence-electron chi connectivity index (χ4n) is 1.82. The van der Waals surface area contributed by atoms with E-state index in [0.717, 1.165) is 0 Å². The molecule has 3 N–H and O–H groups in total. The van der Waals surface area contributed by atoms with Crippen molar-refractivity contribution in [1.29, 1.82) is 0 Å².